The Morgan fingerprint density at radius 1 is 1.00 bits per heavy atom. The molecule has 0 spiro atoms. The highest BCUT2D eigenvalue weighted by Crippen LogP contribution is 2.28. The molecule has 1 atom stereocenters. The van der Waals surface area contributed by atoms with Gasteiger partial charge in [0.25, 0.3) is 0 Å². The SMILES string of the molecule is CC(=O)NC(CC(=O)OC(C)(C)C)C(=O)N1CCC(c2nccn2Cc2nccn2Cc2ccccc2)CC1. The lowest BCUT2D eigenvalue weighted by molar-refractivity contribution is -0.157. The number of likely N-dealkylation sites (tertiary alicyclic amines) is 1. The Morgan fingerprint density at radius 2 is 1.67 bits per heavy atom. The smallest absolute Gasteiger partial charge is 0.308 e. The lowest BCUT2D eigenvalue weighted by Crippen LogP contribution is -2.51. The number of nitrogens with zero attached hydrogens (tertiary/aromatic N) is 5. The van der Waals surface area contributed by atoms with Gasteiger partial charge in [0.05, 0.1) is 13.0 Å². The first-order valence-electron chi connectivity index (χ1n) is 13.4. The number of hydrogen-bond acceptors (Lipinski definition) is 6. The van der Waals surface area contributed by atoms with Crippen LogP contribution in [0.3, 0.4) is 0 Å². The Balaban J connectivity index is 1.37. The van der Waals surface area contributed by atoms with Crippen molar-refractivity contribution >= 4 is 17.8 Å². The van der Waals surface area contributed by atoms with Gasteiger partial charge >= 0.3 is 5.97 Å². The molecule has 0 saturated carbocycles. The molecule has 0 bridgehead atoms. The Bertz CT molecular complexity index is 1270. The van der Waals surface area contributed by atoms with Gasteiger partial charge in [0.2, 0.25) is 11.8 Å². The fraction of sp³-hybridized carbons (Fsp3) is 0.483. The van der Waals surface area contributed by atoms with Crippen molar-refractivity contribution in [3.63, 3.8) is 0 Å². The number of rotatable bonds is 9. The molecule has 10 nitrogen and oxygen atoms in total. The Kier molecular flexibility index (Phi) is 8.83. The lowest BCUT2D eigenvalue weighted by Gasteiger charge is -2.34. The average molecular weight is 535 g/mol. The molecule has 1 fully saturated rings. The topological polar surface area (TPSA) is 111 Å². The van der Waals surface area contributed by atoms with Crippen molar-refractivity contribution in [3.05, 3.63) is 72.3 Å². The van der Waals surface area contributed by atoms with Crippen molar-refractivity contribution in [1.82, 2.24) is 29.3 Å². The van der Waals surface area contributed by atoms with E-state index in [9.17, 15) is 14.4 Å². The summed E-state index contributed by atoms with van der Waals surface area (Å²) in [5.74, 6) is 0.971. The summed E-state index contributed by atoms with van der Waals surface area (Å²) in [5, 5.41) is 2.63. The van der Waals surface area contributed by atoms with E-state index in [1.165, 1.54) is 12.5 Å². The highest BCUT2D eigenvalue weighted by molar-refractivity contribution is 5.90. The van der Waals surface area contributed by atoms with E-state index in [-0.39, 0.29) is 24.2 Å². The highest BCUT2D eigenvalue weighted by atomic mass is 16.6. The van der Waals surface area contributed by atoms with Gasteiger partial charge in [0.1, 0.15) is 23.3 Å². The van der Waals surface area contributed by atoms with Crippen LogP contribution in [0.4, 0.5) is 0 Å². The van der Waals surface area contributed by atoms with E-state index in [4.69, 9.17) is 4.74 Å². The van der Waals surface area contributed by atoms with Crippen LogP contribution in [0.5, 0.6) is 0 Å². The largest absolute Gasteiger partial charge is 0.460 e. The third-order valence-electron chi connectivity index (χ3n) is 6.70. The zero-order valence-electron chi connectivity index (χ0n) is 23.2. The first kappa shape index (κ1) is 28.1. The maximum atomic E-state index is 13.3. The first-order valence-corrected chi connectivity index (χ1v) is 13.4. The maximum Gasteiger partial charge on any atom is 0.308 e. The minimum Gasteiger partial charge on any atom is -0.460 e. The van der Waals surface area contributed by atoms with E-state index in [1.807, 2.05) is 43.0 Å². The molecule has 1 N–H and O–H groups in total. The number of imidazole rings is 2. The number of ether oxygens (including phenoxy) is 1. The number of carbonyl (C=O) groups is 3. The Labute approximate surface area is 229 Å². The molecule has 3 heterocycles. The second kappa shape index (κ2) is 12.3. The van der Waals surface area contributed by atoms with Crippen LogP contribution in [-0.2, 0) is 32.2 Å². The van der Waals surface area contributed by atoms with Crippen LogP contribution >= 0.6 is 0 Å². The van der Waals surface area contributed by atoms with Gasteiger partial charge < -0.3 is 24.1 Å². The molecule has 1 unspecified atom stereocenters. The number of benzene rings is 1. The second-order valence-electron chi connectivity index (χ2n) is 11.0. The minimum absolute atomic E-state index is 0.187. The van der Waals surface area contributed by atoms with Gasteiger partial charge in [-0.3, -0.25) is 14.4 Å². The number of hydrogen-bond donors (Lipinski definition) is 1. The van der Waals surface area contributed by atoms with Gasteiger partial charge in [0.15, 0.2) is 0 Å². The molecular weight excluding hydrogens is 496 g/mol. The zero-order valence-corrected chi connectivity index (χ0v) is 23.2. The predicted molar refractivity (Wildman–Crippen MR) is 146 cm³/mol. The molecule has 0 radical (unpaired) electrons. The van der Waals surface area contributed by atoms with Gasteiger partial charge in [-0.15, -0.1) is 0 Å². The van der Waals surface area contributed by atoms with Crippen molar-refractivity contribution in [1.29, 1.82) is 0 Å². The first-order chi connectivity index (χ1) is 18.6. The summed E-state index contributed by atoms with van der Waals surface area (Å²) in [7, 11) is 0. The van der Waals surface area contributed by atoms with E-state index < -0.39 is 17.6 Å². The van der Waals surface area contributed by atoms with Crippen molar-refractivity contribution < 1.29 is 19.1 Å². The molecule has 3 aromatic rings. The number of esters is 1. The third kappa shape index (κ3) is 7.78. The van der Waals surface area contributed by atoms with Crippen LogP contribution in [0.1, 0.15) is 70.1 Å². The Morgan fingerprint density at radius 3 is 2.33 bits per heavy atom. The summed E-state index contributed by atoms with van der Waals surface area (Å²) in [6, 6.07) is 9.34. The van der Waals surface area contributed by atoms with Crippen LogP contribution in [0.15, 0.2) is 55.1 Å². The zero-order chi connectivity index (χ0) is 28.0. The summed E-state index contributed by atoms with van der Waals surface area (Å²) < 4.78 is 9.65. The van der Waals surface area contributed by atoms with Crippen LogP contribution in [0.2, 0.25) is 0 Å². The highest BCUT2D eigenvalue weighted by Gasteiger charge is 2.33. The molecular formula is C29H38N6O4. The molecule has 1 saturated heterocycles. The fourth-order valence-corrected chi connectivity index (χ4v) is 4.96. The normalized spacial score (nSPS) is 15.1. The fourth-order valence-electron chi connectivity index (χ4n) is 4.96. The van der Waals surface area contributed by atoms with Crippen molar-refractivity contribution in [2.75, 3.05) is 13.1 Å². The number of nitrogens with one attached hydrogen (secondary N) is 1. The average Bonchev–Trinajstić information content (AvgIpc) is 3.52. The van der Waals surface area contributed by atoms with Gasteiger partial charge in [-0.2, -0.15) is 0 Å². The quantitative estimate of drug-likeness (QED) is 0.422. The van der Waals surface area contributed by atoms with Crippen LogP contribution in [0, 0.1) is 0 Å². The minimum atomic E-state index is -0.945. The summed E-state index contributed by atoms with van der Waals surface area (Å²) in [6.45, 7) is 9.04. The van der Waals surface area contributed by atoms with Gasteiger partial charge in [-0.1, -0.05) is 30.3 Å². The van der Waals surface area contributed by atoms with Crippen molar-refractivity contribution in [2.45, 2.75) is 77.6 Å². The molecule has 0 aliphatic carbocycles. The summed E-state index contributed by atoms with van der Waals surface area (Å²) >= 11 is 0. The van der Waals surface area contributed by atoms with Crippen molar-refractivity contribution in [2.24, 2.45) is 0 Å². The van der Waals surface area contributed by atoms with Gasteiger partial charge in [-0.25, -0.2) is 9.97 Å². The molecule has 1 aliphatic rings. The number of aromatic nitrogens is 4. The molecule has 39 heavy (non-hydrogen) atoms. The number of piperidine rings is 1. The van der Waals surface area contributed by atoms with Crippen molar-refractivity contribution in [3.8, 4) is 0 Å². The number of carbonyl (C=O) groups excluding carboxylic acids is 3. The third-order valence-corrected chi connectivity index (χ3v) is 6.70. The molecule has 2 amide bonds. The second-order valence-corrected chi connectivity index (χ2v) is 11.0. The lowest BCUT2D eigenvalue weighted by atomic mass is 9.95. The van der Waals surface area contributed by atoms with E-state index in [0.717, 1.165) is 31.0 Å². The molecule has 208 valence electrons. The predicted octanol–water partition coefficient (Wildman–Crippen LogP) is 3.12. The molecule has 2 aromatic heterocycles. The van der Waals surface area contributed by atoms with E-state index in [0.29, 0.717) is 19.6 Å². The number of amides is 2. The molecule has 1 aliphatic heterocycles. The summed E-state index contributed by atoms with van der Waals surface area (Å²) in [5.41, 5.74) is 0.545. The van der Waals surface area contributed by atoms with Gasteiger partial charge in [-0.05, 0) is 39.2 Å². The molecule has 4 rings (SSSR count). The van der Waals surface area contributed by atoms with E-state index >= 15 is 0 Å². The maximum absolute atomic E-state index is 13.3. The summed E-state index contributed by atoms with van der Waals surface area (Å²) in [6.07, 6.45) is 8.87. The summed E-state index contributed by atoms with van der Waals surface area (Å²) in [4.78, 5) is 48.4. The van der Waals surface area contributed by atoms with E-state index in [1.54, 1.807) is 25.7 Å². The Hall–Kier alpha value is -3.95. The molecule has 1 aromatic carbocycles. The van der Waals surface area contributed by atoms with E-state index in [2.05, 4.69) is 36.6 Å². The van der Waals surface area contributed by atoms with Crippen LogP contribution < -0.4 is 5.32 Å². The molecule has 10 heteroatoms. The van der Waals surface area contributed by atoms with Crippen LogP contribution in [-0.4, -0.2) is 66.5 Å². The standard InChI is InChI=1S/C29H38N6O4/c1-21(36)32-24(18-26(37)39-29(2,3)4)28(38)33-14-10-23(11-15-33)27-31-13-17-35(27)20-25-30-12-16-34(25)19-22-8-6-5-7-9-22/h5-9,12-13,16-17,23-24H,10-11,14-15,18-20H2,1-4H3,(H,32,36). The van der Waals surface area contributed by atoms with Crippen LogP contribution in [0.25, 0.3) is 0 Å². The van der Waals surface area contributed by atoms with Gasteiger partial charge in [0, 0.05) is 57.3 Å². The monoisotopic (exact) mass is 534 g/mol.